The molecule has 0 aliphatic carbocycles. The molecule has 5 nitrogen and oxygen atoms in total. The molecule has 21 heavy (non-hydrogen) atoms. The summed E-state index contributed by atoms with van der Waals surface area (Å²) in [5, 5.41) is 10.4. The first-order valence-corrected chi connectivity index (χ1v) is 7.07. The van der Waals surface area contributed by atoms with Crippen molar-refractivity contribution < 1.29 is 17.9 Å². The number of hydrogen-bond acceptors (Lipinski definition) is 6. The van der Waals surface area contributed by atoms with Crippen molar-refractivity contribution in [2.24, 2.45) is 0 Å². The molecule has 114 valence electrons. The van der Waals surface area contributed by atoms with E-state index in [0.29, 0.717) is 31.2 Å². The van der Waals surface area contributed by atoms with Crippen molar-refractivity contribution in [1.29, 1.82) is 0 Å². The Labute approximate surface area is 125 Å². The van der Waals surface area contributed by atoms with Crippen LogP contribution in [-0.4, -0.2) is 30.5 Å². The molecule has 1 aromatic carbocycles. The van der Waals surface area contributed by atoms with Crippen molar-refractivity contribution >= 4 is 11.8 Å². The van der Waals surface area contributed by atoms with Crippen molar-refractivity contribution in [1.82, 2.24) is 15.5 Å². The summed E-state index contributed by atoms with van der Waals surface area (Å²) < 4.78 is 37.9. The largest absolute Gasteiger partial charge is 0.416 e. The van der Waals surface area contributed by atoms with Crippen LogP contribution >= 0.6 is 11.8 Å². The molecular weight excluding hydrogens is 300 g/mol. The molecule has 2 rings (SSSR count). The molecule has 0 unspecified atom stereocenters. The summed E-state index contributed by atoms with van der Waals surface area (Å²) in [6, 6.07) is 2.57. The van der Waals surface area contributed by atoms with Gasteiger partial charge < -0.3 is 14.5 Å². The number of hydrogen-bond donors (Lipinski definition) is 1. The number of methoxy groups -OCH3 is 1. The third-order valence-electron chi connectivity index (χ3n) is 2.57. The lowest BCUT2D eigenvalue weighted by Crippen LogP contribution is -2.18. The molecule has 0 spiro atoms. The summed E-state index contributed by atoms with van der Waals surface area (Å²) >= 11 is 0.772. The summed E-state index contributed by atoms with van der Waals surface area (Å²) in [4.78, 5) is -0.153. The zero-order valence-corrected chi connectivity index (χ0v) is 12.5. The molecule has 0 fully saturated rings. The fourth-order valence-electron chi connectivity index (χ4n) is 1.63. The first kappa shape index (κ1) is 15.9. The maximum Gasteiger partial charge on any atom is 0.281 e. The zero-order valence-electron chi connectivity index (χ0n) is 11.7. The van der Waals surface area contributed by atoms with Gasteiger partial charge in [0.25, 0.3) is 5.22 Å². The third-order valence-corrected chi connectivity index (χ3v) is 3.50. The summed E-state index contributed by atoms with van der Waals surface area (Å²) in [6.07, 6.45) is 0. The van der Waals surface area contributed by atoms with Gasteiger partial charge in [-0.05, 0) is 29.5 Å². The third kappa shape index (κ3) is 4.48. The first-order valence-electron chi connectivity index (χ1n) is 6.25. The Kier molecular flexibility index (Phi) is 5.66. The minimum absolute atomic E-state index is 0.108. The van der Waals surface area contributed by atoms with Crippen LogP contribution in [0.4, 0.5) is 8.78 Å². The minimum atomic E-state index is -0.653. The molecule has 1 aromatic heterocycles. The van der Waals surface area contributed by atoms with Crippen LogP contribution in [0.5, 0.6) is 0 Å². The SMILES string of the molecule is COCCNCc1cc(F)c(Sc2nnc(C)o2)c(F)c1. The number of rotatable bonds is 7. The van der Waals surface area contributed by atoms with E-state index in [9.17, 15) is 8.78 Å². The predicted molar refractivity (Wildman–Crippen MR) is 73.1 cm³/mol. The van der Waals surface area contributed by atoms with Gasteiger partial charge in [0, 0.05) is 27.1 Å². The van der Waals surface area contributed by atoms with Crippen molar-refractivity contribution in [3.05, 3.63) is 35.2 Å². The lowest BCUT2D eigenvalue weighted by molar-refractivity contribution is 0.199. The molecule has 0 atom stereocenters. The number of aryl methyl sites for hydroxylation is 1. The van der Waals surface area contributed by atoms with Gasteiger partial charge in [0.1, 0.15) is 11.6 Å². The summed E-state index contributed by atoms with van der Waals surface area (Å²) in [5.41, 5.74) is 0.521. The standard InChI is InChI=1S/C13H15F2N3O2S/c1-8-17-18-13(20-8)21-12-10(14)5-9(6-11(12)15)7-16-3-4-19-2/h5-6,16H,3-4,7H2,1-2H3. The van der Waals surface area contributed by atoms with Crippen LogP contribution in [0.1, 0.15) is 11.5 Å². The minimum Gasteiger partial charge on any atom is -0.416 e. The molecule has 0 saturated carbocycles. The molecule has 0 radical (unpaired) electrons. The van der Waals surface area contributed by atoms with Crippen molar-refractivity contribution in [3.8, 4) is 0 Å². The molecule has 0 bridgehead atoms. The van der Waals surface area contributed by atoms with Crippen LogP contribution in [-0.2, 0) is 11.3 Å². The molecule has 2 aromatic rings. The summed E-state index contributed by atoms with van der Waals surface area (Å²) in [7, 11) is 1.59. The zero-order chi connectivity index (χ0) is 15.2. The van der Waals surface area contributed by atoms with Gasteiger partial charge >= 0.3 is 0 Å². The number of nitrogens with one attached hydrogen (secondary N) is 1. The van der Waals surface area contributed by atoms with Gasteiger partial charge in [0.15, 0.2) is 0 Å². The van der Waals surface area contributed by atoms with Crippen molar-refractivity contribution in [2.75, 3.05) is 20.3 Å². The van der Waals surface area contributed by atoms with E-state index >= 15 is 0 Å². The van der Waals surface area contributed by atoms with Gasteiger partial charge in [-0.1, -0.05) is 0 Å². The van der Waals surface area contributed by atoms with E-state index in [4.69, 9.17) is 9.15 Å². The van der Waals surface area contributed by atoms with Crippen LogP contribution in [0.25, 0.3) is 0 Å². The Morgan fingerprint density at radius 1 is 1.29 bits per heavy atom. The maximum absolute atomic E-state index is 14.0. The summed E-state index contributed by atoms with van der Waals surface area (Å²) in [5.74, 6) is -0.962. The Morgan fingerprint density at radius 2 is 2.00 bits per heavy atom. The summed E-state index contributed by atoms with van der Waals surface area (Å²) in [6.45, 7) is 3.12. The fourth-order valence-corrected chi connectivity index (χ4v) is 2.36. The van der Waals surface area contributed by atoms with Crippen LogP contribution < -0.4 is 5.32 Å². The van der Waals surface area contributed by atoms with Crippen LogP contribution in [0.2, 0.25) is 0 Å². The van der Waals surface area contributed by atoms with Crippen LogP contribution in [0.15, 0.2) is 26.7 Å². The highest BCUT2D eigenvalue weighted by molar-refractivity contribution is 7.99. The molecular formula is C13H15F2N3O2S. The molecule has 0 aliphatic heterocycles. The smallest absolute Gasteiger partial charge is 0.281 e. The van der Waals surface area contributed by atoms with Gasteiger partial charge in [0.05, 0.1) is 11.5 Å². The van der Waals surface area contributed by atoms with E-state index < -0.39 is 11.6 Å². The highest BCUT2D eigenvalue weighted by atomic mass is 32.2. The average Bonchev–Trinajstić information content (AvgIpc) is 2.85. The molecule has 1 heterocycles. The Morgan fingerprint density at radius 3 is 2.57 bits per heavy atom. The Balaban J connectivity index is 2.06. The van der Waals surface area contributed by atoms with E-state index in [-0.39, 0.29) is 10.1 Å². The number of benzene rings is 1. The molecule has 0 amide bonds. The lowest BCUT2D eigenvalue weighted by atomic mass is 10.2. The molecule has 1 N–H and O–H groups in total. The van der Waals surface area contributed by atoms with Gasteiger partial charge in [-0.15, -0.1) is 10.2 Å². The second kappa shape index (κ2) is 7.48. The van der Waals surface area contributed by atoms with Gasteiger partial charge in [-0.2, -0.15) is 0 Å². The number of halogens is 2. The van der Waals surface area contributed by atoms with E-state index in [2.05, 4.69) is 15.5 Å². The van der Waals surface area contributed by atoms with E-state index in [1.807, 2.05) is 0 Å². The van der Waals surface area contributed by atoms with Crippen molar-refractivity contribution in [2.45, 2.75) is 23.6 Å². The van der Waals surface area contributed by atoms with Crippen LogP contribution in [0.3, 0.4) is 0 Å². The fraction of sp³-hybridized carbons (Fsp3) is 0.385. The average molecular weight is 315 g/mol. The van der Waals surface area contributed by atoms with Crippen molar-refractivity contribution in [3.63, 3.8) is 0 Å². The van der Waals surface area contributed by atoms with Gasteiger partial charge in [-0.3, -0.25) is 0 Å². The number of nitrogens with zero attached hydrogens (tertiary/aromatic N) is 2. The number of ether oxygens (including phenoxy) is 1. The van der Waals surface area contributed by atoms with E-state index in [0.717, 1.165) is 11.8 Å². The number of aromatic nitrogens is 2. The van der Waals surface area contributed by atoms with E-state index in [1.165, 1.54) is 12.1 Å². The lowest BCUT2D eigenvalue weighted by Gasteiger charge is -2.07. The normalized spacial score (nSPS) is 11.0. The highest BCUT2D eigenvalue weighted by Gasteiger charge is 2.16. The molecule has 0 saturated heterocycles. The monoisotopic (exact) mass is 315 g/mol. The highest BCUT2D eigenvalue weighted by Crippen LogP contribution is 2.31. The second-order valence-electron chi connectivity index (χ2n) is 4.25. The maximum atomic E-state index is 14.0. The molecule has 0 aliphatic rings. The quantitative estimate of drug-likeness (QED) is 0.792. The van der Waals surface area contributed by atoms with Crippen LogP contribution in [0, 0.1) is 18.6 Å². The van der Waals surface area contributed by atoms with E-state index in [1.54, 1.807) is 14.0 Å². The topological polar surface area (TPSA) is 60.2 Å². The Hall–Kier alpha value is -1.51. The first-order chi connectivity index (χ1) is 10.1. The molecule has 8 heteroatoms. The predicted octanol–water partition coefficient (Wildman–Crippen LogP) is 2.54. The second-order valence-corrected chi connectivity index (χ2v) is 5.21. The van der Waals surface area contributed by atoms with Gasteiger partial charge in [0.2, 0.25) is 5.89 Å². The van der Waals surface area contributed by atoms with Gasteiger partial charge in [-0.25, -0.2) is 8.78 Å². The Bertz CT molecular complexity index is 584.